The smallest absolute Gasteiger partial charge is 0.407 e. The van der Waals surface area contributed by atoms with Gasteiger partial charge in [-0.05, 0) is 30.5 Å². The molecule has 0 aliphatic carbocycles. The van der Waals surface area contributed by atoms with Crippen LogP contribution in [0.1, 0.15) is 29.6 Å². The van der Waals surface area contributed by atoms with E-state index in [1.807, 2.05) is 67.6 Å². The van der Waals surface area contributed by atoms with Crippen LogP contribution < -0.4 is 10.6 Å². The predicted molar refractivity (Wildman–Crippen MR) is 150 cm³/mol. The van der Waals surface area contributed by atoms with E-state index in [0.29, 0.717) is 44.0 Å². The highest BCUT2D eigenvalue weighted by atomic mass is 16.6. The van der Waals surface area contributed by atoms with Crippen LogP contribution in [-0.2, 0) is 35.5 Å². The average molecular weight is 562 g/mol. The summed E-state index contributed by atoms with van der Waals surface area (Å²) in [6.45, 7) is 3.77. The third-order valence-electron chi connectivity index (χ3n) is 6.36. The molecule has 0 bridgehead atoms. The monoisotopic (exact) mass is 561 g/mol. The number of carbonyl (C=O) groups is 2. The molecule has 11 heteroatoms. The van der Waals surface area contributed by atoms with Gasteiger partial charge in [-0.3, -0.25) is 4.90 Å². The van der Waals surface area contributed by atoms with Crippen LogP contribution in [0.3, 0.4) is 0 Å². The Labute approximate surface area is 238 Å². The molecule has 0 fully saturated rings. The lowest BCUT2D eigenvalue weighted by atomic mass is 10.0. The van der Waals surface area contributed by atoms with Gasteiger partial charge in [0.25, 0.3) is 0 Å². The van der Waals surface area contributed by atoms with Crippen molar-refractivity contribution in [3.05, 3.63) is 108 Å². The molecule has 0 spiro atoms. The number of hydrogen-bond acceptors (Lipinski definition) is 9. The Hall–Kier alpha value is -4.64. The number of aromatic nitrogens is 2. The van der Waals surface area contributed by atoms with Crippen molar-refractivity contribution in [2.75, 3.05) is 19.6 Å². The summed E-state index contributed by atoms with van der Waals surface area (Å²) in [5.74, 6) is 0.917. The summed E-state index contributed by atoms with van der Waals surface area (Å²) in [5, 5.41) is 6.00. The first-order chi connectivity index (χ1) is 20.1. The maximum Gasteiger partial charge on any atom is 0.407 e. The maximum atomic E-state index is 12.7. The molecule has 0 unspecified atom stereocenters. The standard InChI is InChI=1S/C30H35N5O6/c1-2-35(17-25(13-23-9-5-3-6-10-23)33-29(36)38-19-27-15-31-21-40-27)18-26(14-24-11-7-4-8-12-24)34-30(37)39-20-28-16-32-22-41-28/h3-12,15-16,21-22,25-26H,2,13-14,17-20H2,1H3,(H,33,36)(H,34,37)/t25-,26-/m0/s1. The number of ether oxygens (including phenoxy) is 2. The van der Waals surface area contributed by atoms with Crippen LogP contribution in [0, 0.1) is 0 Å². The van der Waals surface area contributed by atoms with Gasteiger partial charge in [0.05, 0.1) is 12.4 Å². The molecule has 2 N–H and O–H groups in total. The fourth-order valence-electron chi connectivity index (χ4n) is 4.39. The first-order valence-corrected chi connectivity index (χ1v) is 13.5. The fraction of sp³-hybridized carbons (Fsp3) is 0.333. The molecule has 0 aliphatic heterocycles. The number of alkyl carbamates (subject to hydrolysis) is 2. The molecule has 2 atom stereocenters. The van der Waals surface area contributed by atoms with Gasteiger partial charge in [-0.25, -0.2) is 19.6 Å². The van der Waals surface area contributed by atoms with Crippen molar-refractivity contribution >= 4 is 12.2 Å². The van der Waals surface area contributed by atoms with E-state index in [1.165, 1.54) is 25.2 Å². The van der Waals surface area contributed by atoms with Crippen molar-refractivity contribution in [3.8, 4) is 0 Å². The molecule has 11 nitrogen and oxygen atoms in total. The lowest BCUT2D eigenvalue weighted by Crippen LogP contribution is -2.50. The minimum absolute atomic E-state index is 0.0133. The molecule has 2 aromatic heterocycles. The number of likely N-dealkylation sites (N-methyl/N-ethyl adjacent to an activating group) is 1. The minimum Gasteiger partial charge on any atom is -0.445 e. The van der Waals surface area contributed by atoms with Crippen LogP contribution in [0.4, 0.5) is 9.59 Å². The molecular formula is C30H35N5O6. The van der Waals surface area contributed by atoms with Gasteiger partial charge in [-0.1, -0.05) is 67.6 Å². The van der Waals surface area contributed by atoms with Crippen molar-refractivity contribution in [2.24, 2.45) is 0 Å². The van der Waals surface area contributed by atoms with E-state index in [-0.39, 0.29) is 25.3 Å². The van der Waals surface area contributed by atoms with Crippen molar-refractivity contribution in [3.63, 3.8) is 0 Å². The molecule has 2 aromatic carbocycles. The maximum absolute atomic E-state index is 12.7. The highest BCUT2D eigenvalue weighted by Crippen LogP contribution is 2.10. The third-order valence-corrected chi connectivity index (χ3v) is 6.36. The second-order valence-electron chi connectivity index (χ2n) is 9.50. The van der Waals surface area contributed by atoms with E-state index in [4.69, 9.17) is 18.3 Å². The summed E-state index contributed by atoms with van der Waals surface area (Å²) < 4.78 is 21.0. The lowest BCUT2D eigenvalue weighted by Gasteiger charge is -2.30. The van der Waals surface area contributed by atoms with Crippen LogP contribution in [0.5, 0.6) is 0 Å². The predicted octanol–water partition coefficient (Wildman–Crippen LogP) is 4.36. The minimum atomic E-state index is -0.548. The van der Waals surface area contributed by atoms with Gasteiger partial charge in [0.1, 0.15) is 0 Å². The number of hydrogen-bond donors (Lipinski definition) is 2. The summed E-state index contributed by atoms with van der Waals surface area (Å²) in [5.41, 5.74) is 2.16. The molecule has 2 heterocycles. The number of nitrogens with zero attached hydrogens (tertiary/aromatic N) is 3. The van der Waals surface area contributed by atoms with Crippen molar-refractivity contribution in [2.45, 2.75) is 45.1 Å². The van der Waals surface area contributed by atoms with E-state index in [0.717, 1.165) is 11.1 Å². The Morgan fingerprint density at radius 2 is 1.20 bits per heavy atom. The zero-order valence-corrected chi connectivity index (χ0v) is 23.0. The summed E-state index contributed by atoms with van der Waals surface area (Å²) >= 11 is 0. The Kier molecular flexibility index (Phi) is 11.3. The Balaban J connectivity index is 1.41. The van der Waals surface area contributed by atoms with Crippen LogP contribution in [0.25, 0.3) is 0 Å². The lowest BCUT2D eigenvalue weighted by molar-refractivity contribution is 0.119. The SMILES string of the molecule is CCN(C[C@H](Cc1ccccc1)NC(=O)OCc1cnco1)C[C@H](Cc1ccccc1)NC(=O)OCc1cnco1. The summed E-state index contributed by atoms with van der Waals surface area (Å²) in [7, 11) is 0. The zero-order valence-electron chi connectivity index (χ0n) is 23.0. The first kappa shape index (κ1) is 29.3. The largest absolute Gasteiger partial charge is 0.445 e. The molecule has 216 valence electrons. The third kappa shape index (κ3) is 10.5. The van der Waals surface area contributed by atoms with Crippen LogP contribution in [0.2, 0.25) is 0 Å². The average Bonchev–Trinajstić information content (AvgIpc) is 3.70. The van der Waals surface area contributed by atoms with Gasteiger partial charge in [-0.2, -0.15) is 0 Å². The number of amides is 2. The summed E-state index contributed by atoms with van der Waals surface area (Å²) in [6.07, 6.45) is 5.70. The Morgan fingerprint density at radius 1 is 0.756 bits per heavy atom. The molecule has 4 aromatic rings. The van der Waals surface area contributed by atoms with Crippen molar-refractivity contribution in [1.82, 2.24) is 25.5 Å². The van der Waals surface area contributed by atoms with Crippen molar-refractivity contribution < 1.29 is 27.9 Å². The van der Waals surface area contributed by atoms with E-state index in [9.17, 15) is 9.59 Å². The second kappa shape index (κ2) is 15.8. The van der Waals surface area contributed by atoms with Gasteiger partial charge >= 0.3 is 12.2 Å². The Morgan fingerprint density at radius 3 is 1.56 bits per heavy atom. The van der Waals surface area contributed by atoms with Gasteiger partial charge in [-0.15, -0.1) is 0 Å². The summed E-state index contributed by atoms with van der Waals surface area (Å²) in [6, 6.07) is 19.4. The second-order valence-corrected chi connectivity index (χ2v) is 9.50. The zero-order chi connectivity index (χ0) is 28.7. The highest BCUT2D eigenvalue weighted by molar-refractivity contribution is 5.68. The number of benzene rings is 2. The molecule has 4 rings (SSSR count). The number of rotatable bonds is 15. The molecule has 0 radical (unpaired) electrons. The molecule has 0 saturated heterocycles. The normalized spacial score (nSPS) is 12.4. The quantitative estimate of drug-likeness (QED) is 0.217. The molecule has 2 amide bonds. The molecule has 0 aliphatic rings. The van der Waals surface area contributed by atoms with Gasteiger partial charge in [0.2, 0.25) is 0 Å². The fourth-order valence-corrected chi connectivity index (χ4v) is 4.39. The van der Waals surface area contributed by atoms with Gasteiger partial charge < -0.3 is 28.9 Å². The Bertz CT molecular complexity index is 1190. The van der Waals surface area contributed by atoms with Crippen molar-refractivity contribution in [1.29, 1.82) is 0 Å². The van der Waals surface area contributed by atoms with E-state index >= 15 is 0 Å². The van der Waals surface area contributed by atoms with Gasteiger partial charge in [0.15, 0.2) is 37.5 Å². The number of nitrogens with one attached hydrogen (secondary N) is 2. The van der Waals surface area contributed by atoms with Crippen LogP contribution in [-0.4, -0.2) is 58.8 Å². The molecule has 41 heavy (non-hydrogen) atoms. The first-order valence-electron chi connectivity index (χ1n) is 13.5. The van der Waals surface area contributed by atoms with Crippen LogP contribution >= 0.6 is 0 Å². The van der Waals surface area contributed by atoms with Crippen LogP contribution in [0.15, 0.2) is 94.7 Å². The van der Waals surface area contributed by atoms with E-state index in [1.54, 1.807) is 0 Å². The summed E-state index contributed by atoms with van der Waals surface area (Å²) in [4.78, 5) is 35.2. The highest BCUT2D eigenvalue weighted by Gasteiger charge is 2.22. The molecule has 0 saturated carbocycles. The number of oxazole rings is 2. The molecular weight excluding hydrogens is 526 g/mol. The topological polar surface area (TPSA) is 132 Å². The number of carbonyl (C=O) groups excluding carboxylic acids is 2. The van der Waals surface area contributed by atoms with E-state index in [2.05, 4.69) is 25.5 Å². The van der Waals surface area contributed by atoms with E-state index < -0.39 is 12.2 Å². The van der Waals surface area contributed by atoms with Gasteiger partial charge in [0, 0.05) is 25.2 Å².